The summed E-state index contributed by atoms with van der Waals surface area (Å²) in [5, 5.41) is 21.3. The number of likely N-dealkylation sites (N-methyl/N-ethyl adjacent to an activating group) is 1. The van der Waals surface area contributed by atoms with Crippen molar-refractivity contribution in [2.24, 2.45) is 5.73 Å². The molecule has 5 rings (SSSR count). The van der Waals surface area contributed by atoms with Crippen LogP contribution in [0.25, 0.3) is 0 Å². The molecule has 5 N–H and O–H groups in total. The number of benzene rings is 1. The predicted molar refractivity (Wildman–Crippen MR) is 96.8 cm³/mol. The maximum absolute atomic E-state index is 10.5. The van der Waals surface area contributed by atoms with E-state index in [0.29, 0.717) is 5.75 Å². The van der Waals surface area contributed by atoms with Gasteiger partial charge in [0.25, 0.3) is 0 Å². The molecule has 0 aromatic heterocycles. The van der Waals surface area contributed by atoms with Crippen LogP contribution in [0.3, 0.4) is 0 Å². The third-order valence-electron chi connectivity index (χ3n) is 7.39. The minimum absolute atomic E-state index is 0.0411. The van der Waals surface area contributed by atoms with E-state index in [9.17, 15) is 5.11 Å². The largest absolute Gasteiger partial charge is 0.504 e. The Morgan fingerprint density at radius 1 is 1.46 bits per heavy atom. The summed E-state index contributed by atoms with van der Waals surface area (Å²) in [5.74, 6) is 0.756. The van der Waals surface area contributed by atoms with E-state index in [4.69, 9.17) is 20.6 Å². The zero-order valence-electron chi connectivity index (χ0n) is 15.2. The van der Waals surface area contributed by atoms with Crippen molar-refractivity contribution >= 4 is 5.96 Å². The summed E-state index contributed by atoms with van der Waals surface area (Å²) in [5.41, 5.74) is 7.35. The van der Waals surface area contributed by atoms with Gasteiger partial charge in [0.05, 0.1) is 17.1 Å². The quantitative estimate of drug-likeness (QED) is 0.458. The number of ether oxygens (including phenoxy) is 2. The number of aromatic hydroxyl groups is 1. The molecule has 1 aromatic carbocycles. The van der Waals surface area contributed by atoms with Gasteiger partial charge in [0.2, 0.25) is 0 Å². The average Bonchev–Trinajstić information content (AvgIpc) is 2.97. The Kier molecular flexibility index (Phi) is 3.14. The molecule has 1 unspecified atom stereocenters. The number of rotatable bonds is 2. The molecular formula is C19H26N4O3. The molecule has 2 aliphatic carbocycles. The number of guanidine groups is 1. The first-order valence-corrected chi connectivity index (χ1v) is 9.32. The number of phenolic OH excluding ortho intramolecular Hbond substituents is 1. The molecule has 1 aromatic rings. The Balaban J connectivity index is 1.77. The van der Waals surface area contributed by atoms with Crippen LogP contribution in [0.5, 0.6) is 11.5 Å². The van der Waals surface area contributed by atoms with Crippen LogP contribution in [0.15, 0.2) is 12.1 Å². The summed E-state index contributed by atoms with van der Waals surface area (Å²) >= 11 is 0. The topological polar surface area (TPSA) is 104 Å². The monoisotopic (exact) mass is 358 g/mol. The van der Waals surface area contributed by atoms with E-state index in [-0.39, 0.29) is 40.9 Å². The lowest BCUT2D eigenvalue weighted by Gasteiger charge is -2.65. The Morgan fingerprint density at radius 3 is 3.00 bits per heavy atom. The molecule has 7 nitrogen and oxygen atoms in total. The SMILES string of the molecule is CO[C@@]12CC[C@H](NC(=N)N)[C@@H]3Oc4c(O)ccc5c4[C@@]31CCN(C)C2C5. The van der Waals surface area contributed by atoms with Gasteiger partial charge in [0, 0.05) is 18.7 Å². The molecule has 26 heavy (non-hydrogen) atoms. The van der Waals surface area contributed by atoms with Crippen LogP contribution in [-0.4, -0.2) is 60.5 Å². The van der Waals surface area contributed by atoms with Gasteiger partial charge in [-0.3, -0.25) is 5.41 Å². The van der Waals surface area contributed by atoms with Crippen LogP contribution in [0.2, 0.25) is 0 Å². The third kappa shape index (κ3) is 1.64. The fourth-order valence-electron chi connectivity index (χ4n) is 6.49. The predicted octanol–water partition coefficient (Wildman–Crippen LogP) is 0.682. The number of nitrogens with two attached hydrogens (primary N) is 1. The van der Waals surface area contributed by atoms with Crippen molar-refractivity contribution in [3.05, 3.63) is 23.3 Å². The molecule has 1 spiro atoms. The number of hydrogen-bond acceptors (Lipinski definition) is 5. The highest BCUT2D eigenvalue weighted by Gasteiger charge is 2.73. The zero-order valence-corrected chi connectivity index (χ0v) is 15.2. The number of hydrogen-bond donors (Lipinski definition) is 4. The van der Waals surface area contributed by atoms with Gasteiger partial charge in [0.15, 0.2) is 17.5 Å². The summed E-state index contributed by atoms with van der Waals surface area (Å²) in [6, 6.07) is 3.98. The minimum atomic E-state index is -0.355. The minimum Gasteiger partial charge on any atom is -0.504 e. The van der Waals surface area contributed by atoms with Gasteiger partial charge in [-0.1, -0.05) is 6.07 Å². The van der Waals surface area contributed by atoms with Gasteiger partial charge < -0.3 is 30.5 Å². The van der Waals surface area contributed by atoms with Gasteiger partial charge in [-0.05, 0) is 50.9 Å². The lowest BCUT2D eigenvalue weighted by atomic mass is 9.48. The van der Waals surface area contributed by atoms with Crippen molar-refractivity contribution in [1.29, 1.82) is 5.41 Å². The number of piperidine rings is 1. The molecule has 7 heteroatoms. The van der Waals surface area contributed by atoms with Gasteiger partial charge in [-0.15, -0.1) is 0 Å². The standard InChI is InChI=1S/C19H26N4O3/c1-23-8-7-18-14-10-3-4-12(24)15(14)26-16(18)11(22-17(20)21)5-6-19(18,25-2)13(23)9-10/h3-4,11,13,16,24H,5-9H2,1-2H3,(H4,20,21,22)/t11-,13?,16-,18-,19+/m0/s1. The first-order valence-electron chi connectivity index (χ1n) is 9.32. The van der Waals surface area contributed by atoms with Crippen LogP contribution in [0, 0.1) is 5.41 Å². The summed E-state index contributed by atoms with van der Waals surface area (Å²) in [7, 11) is 3.99. The first-order chi connectivity index (χ1) is 12.4. The first kappa shape index (κ1) is 16.2. The maximum atomic E-state index is 10.5. The molecule has 0 amide bonds. The molecule has 2 fully saturated rings. The van der Waals surface area contributed by atoms with Crippen molar-refractivity contribution in [2.45, 2.75) is 54.9 Å². The Labute approximate surface area is 153 Å². The van der Waals surface area contributed by atoms with E-state index in [1.807, 2.05) is 13.2 Å². The highest BCUT2D eigenvalue weighted by atomic mass is 16.5. The average molecular weight is 358 g/mol. The Morgan fingerprint density at radius 2 is 2.27 bits per heavy atom. The third-order valence-corrected chi connectivity index (χ3v) is 7.39. The number of phenols is 1. The van der Waals surface area contributed by atoms with Crippen molar-refractivity contribution in [3.8, 4) is 11.5 Å². The molecule has 0 radical (unpaired) electrons. The molecule has 2 aliphatic heterocycles. The molecule has 140 valence electrons. The second kappa shape index (κ2) is 5.04. The summed E-state index contributed by atoms with van der Waals surface area (Å²) in [4.78, 5) is 2.42. The Hall–Kier alpha value is -1.99. The van der Waals surface area contributed by atoms with Crippen LogP contribution in [0.1, 0.15) is 30.4 Å². The second-order valence-corrected chi connectivity index (χ2v) is 8.21. The molecule has 1 saturated heterocycles. The van der Waals surface area contributed by atoms with Crippen molar-refractivity contribution in [1.82, 2.24) is 10.2 Å². The van der Waals surface area contributed by atoms with Gasteiger partial charge in [-0.2, -0.15) is 0 Å². The molecule has 1 saturated carbocycles. The molecule has 2 bridgehead atoms. The van der Waals surface area contributed by atoms with E-state index in [2.05, 4.69) is 17.3 Å². The van der Waals surface area contributed by atoms with E-state index in [1.165, 1.54) is 5.56 Å². The summed E-state index contributed by atoms with van der Waals surface area (Å²) < 4.78 is 12.8. The summed E-state index contributed by atoms with van der Waals surface area (Å²) in [6.45, 7) is 0.955. The maximum Gasteiger partial charge on any atom is 0.186 e. The van der Waals surface area contributed by atoms with Gasteiger partial charge >= 0.3 is 0 Å². The van der Waals surface area contributed by atoms with Crippen LogP contribution in [-0.2, 0) is 16.6 Å². The summed E-state index contributed by atoms with van der Waals surface area (Å²) in [6.07, 6.45) is 3.28. The van der Waals surface area contributed by atoms with Crippen LogP contribution < -0.4 is 15.8 Å². The fourth-order valence-corrected chi connectivity index (χ4v) is 6.49. The van der Waals surface area contributed by atoms with E-state index < -0.39 is 0 Å². The van der Waals surface area contributed by atoms with Crippen LogP contribution >= 0.6 is 0 Å². The van der Waals surface area contributed by atoms with E-state index in [0.717, 1.165) is 37.8 Å². The van der Waals surface area contributed by atoms with E-state index >= 15 is 0 Å². The van der Waals surface area contributed by atoms with Gasteiger partial charge in [-0.25, -0.2) is 0 Å². The molecule has 2 heterocycles. The number of nitrogens with zero attached hydrogens (tertiary/aromatic N) is 1. The van der Waals surface area contributed by atoms with Crippen molar-refractivity contribution < 1.29 is 14.6 Å². The number of nitrogens with one attached hydrogen (secondary N) is 2. The number of methoxy groups -OCH3 is 1. The zero-order chi connectivity index (χ0) is 18.3. The fraction of sp³-hybridized carbons (Fsp3) is 0.632. The Bertz CT molecular complexity index is 799. The van der Waals surface area contributed by atoms with E-state index in [1.54, 1.807) is 6.07 Å². The van der Waals surface area contributed by atoms with Crippen molar-refractivity contribution in [3.63, 3.8) is 0 Å². The lowest BCUT2D eigenvalue weighted by Crippen LogP contribution is -2.78. The van der Waals surface area contributed by atoms with Gasteiger partial charge in [0.1, 0.15) is 6.10 Å². The van der Waals surface area contributed by atoms with Crippen molar-refractivity contribution in [2.75, 3.05) is 20.7 Å². The molecular weight excluding hydrogens is 332 g/mol. The second-order valence-electron chi connectivity index (χ2n) is 8.21. The molecule has 5 atom stereocenters. The highest BCUT2D eigenvalue weighted by Crippen LogP contribution is 2.66. The lowest BCUT2D eigenvalue weighted by molar-refractivity contribution is -0.202. The van der Waals surface area contributed by atoms with Crippen LogP contribution in [0.4, 0.5) is 0 Å². The normalized spacial score (nSPS) is 39.8. The number of likely N-dealkylation sites (tertiary alicyclic amines) is 1. The molecule has 4 aliphatic rings. The smallest absolute Gasteiger partial charge is 0.186 e. The highest BCUT2D eigenvalue weighted by molar-refractivity contribution is 5.75.